The van der Waals surface area contributed by atoms with E-state index >= 15 is 0 Å². The van der Waals surface area contributed by atoms with Crippen molar-refractivity contribution in [3.63, 3.8) is 0 Å². The van der Waals surface area contributed by atoms with Gasteiger partial charge in [-0.1, -0.05) is 0 Å². The van der Waals surface area contributed by atoms with Crippen molar-refractivity contribution in [3.8, 4) is 0 Å². The van der Waals surface area contributed by atoms with Crippen LogP contribution in [0.15, 0.2) is 0 Å². The predicted molar refractivity (Wildman–Crippen MR) is 83.7 cm³/mol. The van der Waals surface area contributed by atoms with Crippen LogP contribution in [0, 0.1) is 0 Å². The van der Waals surface area contributed by atoms with Crippen molar-refractivity contribution in [1.82, 2.24) is 0 Å². The summed E-state index contributed by atoms with van der Waals surface area (Å²) in [6.07, 6.45) is 0. The maximum absolute atomic E-state index is 9.13. The van der Waals surface area contributed by atoms with Crippen LogP contribution in [-0.4, -0.2) is 67.4 Å². The summed E-state index contributed by atoms with van der Waals surface area (Å²) < 4.78 is 0. The molecule has 0 aromatic carbocycles. The summed E-state index contributed by atoms with van der Waals surface area (Å²) in [6.45, 7) is -1.56. The zero-order chi connectivity index (χ0) is 17.1. The van der Waals surface area contributed by atoms with Gasteiger partial charge in [-0.25, -0.2) is 0 Å². The molecule has 0 spiro atoms. The maximum Gasteiger partial charge on any atom is 4.00 e. The first-order valence-corrected chi connectivity index (χ1v) is 4.68. The second-order valence-electron chi connectivity index (χ2n) is 2.30. The molecule has 147 valence electrons. The van der Waals surface area contributed by atoms with Gasteiger partial charge in [0.15, 0.2) is 0 Å². The molecule has 0 aliphatic carbocycles. The molecule has 17 heteroatoms. The normalized spacial score (nSPS) is 5.92. The fourth-order valence-corrected chi connectivity index (χ4v) is 0. The second-order valence-corrected chi connectivity index (χ2v) is 2.30. The molecule has 8 N–H and O–H groups in total. The molecule has 0 aromatic heterocycles. The van der Waals surface area contributed by atoms with Crippen LogP contribution in [0.2, 0.25) is 0 Å². The molecular formula is C8H19AlCl3N4O8Zr. The first kappa shape index (κ1) is 56.2. The molecule has 0 amide bonds. The quantitative estimate of drug-likeness (QED) is 0.250. The van der Waals surface area contributed by atoms with Gasteiger partial charge >= 0.3 is 26.2 Å². The van der Waals surface area contributed by atoms with Gasteiger partial charge in [0, 0.05) is 43.5 Å². The number of rotatable bonds is 4. The van der Waals surface area contributed by atoms with E-state index in [1.807, 2.05) is 0 Å². The Kier molecular flexibility index (Phi) is 112. The molecular weight excluding hydrogens is 505 g/mol. The van der Waals surface area contributed by atoms with Crippen LogP contribution in [0.3, 0.4) is 0 Å². The summed E-state index contributed by atoms with van der Waals surface area (Å²) in [7, 11) is 0. The Morgan fingerprint density at radius 2 is 0.560 bits per heavy atom. The molecule has 25 heavy (non-hydrogen) atoms. The van der Waals surface area contributed by atoms with Crippen LogP contribution >= 0.6 is 37.2 Å². The average molecular weight is 524 g/mol. The number of carbonyl (C=O) groups is 4. The summed E-state index contributed by atoms with van der Waals surface area (Å²) in [6, 6.07) is 0. The van der Waals surface area contributed by atoms with Crippen molar-refractivity contribution >= 4 is 78.5 Å². The minimum atomic E-state index is -1.22. The molecule has 0 saturated carbocycles. The molecule has 0 aliphatic heterocycles. The summed E-state index contributed by atoms with van der Waals surface area (Å²) in [5.74, 6) is -4.87. The van der Waals surface area contributed by atoms with Gasteiger partial charge in [-0.2, -0.15) is 0 Å². The molecule has 0 bridgehead atoms. The van der Waals surface area contributed by atoms with E-state index in [2.05, 4.69) is 22.9 Å². The molecule has 0 aliphatic rings. The monoisotopic (exact) mass is 521 g/mol. The van der Waals surface area contributed by atoms with Crippen LogP contribution in [0.5, 0.6) is 0 Å². The Bertz CT molecular complexity index is 253. The molecule has 0 heterocycles. The number of nitrogens with two attached hydrogens (primary N) is 4. The largest absolute Gasteiger partial charge is 4.00 e. The fraction of sp³-hybridized carbons (Fsp3) is 0.500. The summed E-state index contributed by atoms with van der Waals surface area (Å²) in [5.41, 5.74) is 18.0. The van der Waals surface area contributed by atoms with Crippen molar-refractivity contribution in [2.75, 3.05) is 26.2 Å². The molecule has 0 aromatic rings. The number of halogens is 3. The fourth-order valence-electron chi connectivity index (χ4n) is 0. The van der Waals surface area contributed by atoms with Gasteiger partial charge in [0.2, 0.25) is 0 Å². The van der Waals surface area contributed by atoms with Crippen LogP contribution in [-0.2, 0) is 45.4 Å². The molecule has 0 rings (SSSR count). The Morgan fingerprint density at radius 1 is 0.520 bits per heavy atom. The van der Waals surface area contributed by atoms with Crippen LogP contribution in [0.1, 0.15) is 0 Å². The second kappa shape index (κ2) is 49.6. The number of hydrogen-bond donors (Lipinski definition) is 4. The van der Waals surface area contributed by atoms with Gasteiger partial charge < -0.3 is 62.5 Å². The Labute approximate surface area is 192 Å². The first-order chi connectivity index (χ1) is 9.08. The van der Waals surface area contributed by atoms with Crippen molar-refractivity contribution in [2.45, 2.75) is 0 Å². The Hall–Kier alpha value is 0.00558. The van der Waals surface area contributed by atoms with E-state index in [1.165, 1.54) is 0 Å². The number of aliphatic carboxylic acids is 4. The molecule has 0 atom stereocenters. The van der Waals surface area contributed by atoms with Gasteiger partial charge in [-0.05, 0) is 0 Å². The van der Waals surface area contributed by atoms with Gasteiger partial charge in [0.1, 0.15) is 0 Å². The van der Waals surface area contributed by atoms with Gasteiger partial charge in [0.05, 0.1) is 23.9 Å². The predicted octanol–water partition coefficient (Wildman–Crippen LogP) is -8.34. The average Bonchev–Trinajstić information content (AvgIpc) is 2.40. The van der Waals surface area contributed by atoms with Gasteiger partial charge in [-0.3, -0.25) is 0 Å². The van der Waals surface area contributed by atoms with Crippen LogP contribution < -0.4 is 43.4 Å². The van der Waals surface area contributed by atoms with Crippen molar-refractivity contribution < 1.29 is 65.8 Å². The van der Waals surface area contributed by atoms with Crippen molar-refractivity contribution in [3.05, 3.63) is 0 Å². The van der Waals surface area contributed by atoms with Crippen molar-refractivity contribution in [2.24, 2.45) is 22.9 Å². The zero-order valence-electron chi connectivity index (χ0n) is 12.7. The Balaban J connectivity index is -0.0000000183. The van der Waals surface area contributed by atoms with E-state index in [9.17, 15) is 0 Å². The third-order valence-electron chi connectivity index (χ3n) is 0.667. The SMILES string of the molecule is Cl.Cl.Cl.NCC(=O)[O-].NCC(=O)[O-].NCC(=O)[O-].NCC(=O)[O-].[Al].[Zr+4]. The van der Waals surface area contributed by atoms with Gasteiger partial charge in [-0.15, -0.1) is 37.2 Å². The molecule has 0 fully saturated rings. The standard InChI is InChI=1S/4C2H5NO2.Al.3ClH.Zr/c4*3-1-2(4)5;;;;;/h4*1,3H2,(H,4,5);;3*1H;/q;;;;;;;;+4/p-4. The number of carboxylic acid groups (broad SMARTS) is 4. The summed E-state index contributed by atoms with van der Waals surface area (Å²) in [4.78, 5) is 36.5. The third kappa shape index (κ3) is 181. The maximum atomic E-state index is 9.13. The molecule has 12 nitrogen and oxygen atoms in total. The Morgan fingerprint density at radius 3 is 0.560 bits per heavy atom. The number of carbonyl (C=O) groups excluding carboxylic acids is 4. The van der Waals surface area contributed by atoms with E-state index in [-0.39, 0.29) is 107 Å². The minimum absolute atomic E-state index is 0. The van der Waals surface area contributed by atoms with Gasteiger partial charge in [0.25, 0.3) is 0 Å². The van der Waals surface area contributed by atoms with E-state index in [4.69, 9.17) is 39.6 Å². The smallest absolute Gasteiger partial charge is 0.549 e. The minimum Gasteiger partial charge on any atom is -0.549 e. The molecule has 0 saturated heterocycles. The summed E-state index contributed by atoms with van der Waals surface area (Å²) in [5, 5.41) is 36.5. The molecule has 0 unspecified atom stereocenters. The van der Waals surface area contributed by atoms with Crippen molar-refractivity contribution in [1.29, 1.82) is 0 Å². The summed E-state index contributed by atoms with van der Waals surface area (Å²) >= 11 is 0. The van der Waals surface area contributed by atoms with E-state index in [0.717, 1.165) is 0 Å². The topological polar surface area (TPSA) is 265 Å². The zero-order valence-corrected chi connectivity index (χ0v) is 18.8. The van der Waals surface area contributed by atoms with E-state index < -0.39 is 23.9 Å². The van der Waals surface area contributed by atoms with Crippen LogP contribution in [0.4, 0.5) is 0 Å². The van der Waals surface area contributed by atoms with Crippen LogP contribution in [0.25, 0.3) is 0 Å². The van der Waals surface area contributed by atoms with E-state index in [0.29, 0.717) is 0 Å². The number of hydrogen-bond acceptors (Lipinski definition) is 12. The molecule has 3 radical (unpaired) electrons. The third-order valence-corrected chi connectivity index (χ3v) is 0.667. The van der Waals surface area contributed by atoms with E-state index in [1.54, 1.807) is 0 Å². The first-order valence-electron chi connectivity index (χ1n) is 4.68. The number of carboxylic acids is 4.